The molecule has 0 bridgehead atoms. The molecule has 0 aliphatic rings. The Hall–Kier alpha value is -2.38. The predicted octanol–water partition coefficient (Wildman–Crippen LogP) is 4.62. The fourth-order valence-electron chi connectivity index (χ4n) is 2.88. The van der Waals surface area contributed by atoms with Crippen LogP contribution in [-0.4, -0.2) is 29.0 Å². The molecule has 158 valence electrons. The highest BCUT2D eigenvalue weighted by molar-refractivity contribution is 7.80. The zero-order valence-corrected chi connectivity index (χ0v) is 18.4. The largest absolute Gasteiger partial charge is 0.454 e. The summed E-state index contributed by atoms with van der Waals surface area (Å²) in [5.74, 6) is 0.693. The van der Waals surface area contributed by atoms with Crippen molar-refractivity contribution in [1.82, 2.24) is 15.8 Å². The number of rotatable bonds is 10. The Labute approximate surface area is 179 Å². The molecule has 0 saturated heterocycles. The zero-order chi connectivity index (χ0) is 21.1. The molecule has 0 radical (unpaired) electrons. The minimum absolute atomic E-state index is 0.261. The van der Waals surface area contributed by atoms with Gasteiger partial charge in [-0.3, -0.25) is 20.5 Å². The molecule has 1 heterocycles. The van der Waals surface area contributed by atoms with Gasteiger partial charge in [-0.2, -0.15) is 0 Å². The van der Waals surface area contributed by atoms with Crippen LogP contribution < -0.4 is 16.2 Å². The summed E-state index contributed by atoms with van der Waals surface area (Å²) in [4.78, 5) is 14.7. The molecule has 7 heteroatoms. The molecule has 0 unspecified atom stereocenters. The van der Waals surface area contributed by atoms with Gasteiger partial charge in [0, 0.05) is 5.69 Å². The topological polar surface area (TPSA) is 69.5 Å². The number of carbonyl (C=O) groups is 1. The van der Waals surface area contributed by atoms with E-state index in [1.165, 1.54) is 0 Å². The average Bonchev–Trinajstić information content (AvgIpc) is 3.18. The number of hydrogen-bond donors (Lipinski definition) is 3. The second-order valence-electron chi connectivity index (χ2n) is 7.10. The van der Waals surface area contributed by atoms with E-state index in [4.69, 9.17) is 16.6 Å². The molecule has 0 spiro atoms. The molecular weight excluding hydrogens is 384 g/mol. The molecule has 29 heavy (non-hydrogen) atoms. The van der Waals surface area contributed by atoms with Crippen molar-refractivity contribution >= 4 is 28.9 Å². The highest BCUT2D eigenvalue weighted by Gasteiger charge is 2.14. The van der Waals surface area contributed by atoms with Crippen LogP contribution in [0.4, 0.5) is 5.69 Å². The number of hydrogen-bond acceptors (Lipinski definition) is 4. The van der Waals surface area contributed by atoms with Crippen LogP contribution >= 0.6 is 12.2 Å². The van der Waals surface area contributed by atoms with Crippen molar-refractivity contribution in [2.24, 2.45) is 0 Å². The lowest BCUT2D eigenvalue weighted by molar-refractivity contribution is 0.0912. The smallest absolute Gasteiger partial charge is 0.305 e. The standard InChI is InChI=1S/C22H32N4O2S/c1-4-6-14-26(15-7-5-2)16-18-12-13-20(28-18)21(27)24-25-22(29)23-19-11-9-8-10-17(19)3/h8-13H,4-7,14-16H2,1-3H3,(H,24,27)(H2,23,25,29). The maximum Gasteiger partial charge on any atom is 0.305 e. The first-order valence-electron chi connectivity index (χ1n) is 10.3. The van der Waals surface area contributed by atoms with Crippen LogP contribution in [-0.2, 0) is 6.54 Å². The highest BCUT2D eigenvalue weighted by atomic mass is 32.1. The van der Waals surface area contributed by atoms with Gasteiger partial charge in [-0.05, 0) is 68.8 Å². The van der Waals surface area contributed by atoms with E-state index in [9.17, 15) is 4.79 Å². The molecule has 6 nitrogen and oxygen atoms in total. The van der Waals surface area contributed by atoms with Crippen LogP contribution in [0.25, 0.3) is 0 Å². The summed E-state index contributed by atoms with van der Waals surface area (Å²) >= 11 is 5.23. The Morgan fingerprint density at radius 1 is 1.03 bits per heavy atom. The molecule has 1 aromatic heterocycles. The number of thiocarbonyl (C=S) groups is 1. The molecule has 0 saturated carbocycles. The summed E-state index contributed by atoms with van der Waals surface area (Å²) in [5.41, 5.74) is 7.24. The summed E-state index contributed by atoms with van der Waals surface area (Å²) in [6.07, 6.45) is 4.65. The predicted molar refractivity (Wildman–Crippen MR) is 122 cm³/mol. The fraction of sp³-hybridized carbons (Fsp3) is 0.455. The summed E-state index contributed by atoms with van der Waals surface area (Å²) in [5, 5.41) is 3.37. The van der Waals surface area contributed by atoms with Gasteiger partial charge < -0.3 is 9.73 Å². The van der Waals surface area contributed by atoms with Crippen LogP contribution in [0.15, 0.2) is 40.8 Å². The van der Waals surface area contributed by atoms with Crippen molar-refractivity contribution in [1.29, 1.82) is 0 Å². The number of carbonyl (C=O) groups excluding carboxylic acids is 1. The van der Waals surface area contributed by atoms with E-state index in [-0.39, 0.29) is 11.7 Å². The van der Waals surface area contributed by atoms with E-state index < -0.39 is 0 Å². The number of nitrogens with zero attached hydrogens (tertiary/aromatic N) is 1. The van der Waals surface area contributed by atoms with Crippen LogP contribution in [0, 0.1) is 6.92 Å². The minimum atomic E-state index is -0.362. The van der Waals surface area contributed by atoms with Gasteiger partial charge in [0.2, 0.25) is 0 Å². The second kappa shape index (κ2) is 12.2. The molecule has 0 fully saturated rings. The van der Waals surface area contributed by atoms with Gasteiger partial charge in [0.25, 0.3) is 0 Å². The van der Waals surface area contributed by atoms with Gasteiger partial charge in [0.05, 0.1) is 6.54 Å². The van der Waals surface area contributed by atoms with Crippen molar-refractivity contribution in [2.45, 2.75) is 53.0 Å². The summed E-state index contributed by atoms with van der Waals surface area (Å²) < 4.78 is 5.75. The van der Waals surface area contributed by atoms with E-state index in [1.54, 1.807) is 6.07 Å². The van der Waals surface area contributed by atoms with E-state index in [0.717, 1.165) is 55.8 Å². The van der Waals surface area contributed by atoms with E-state index >= 15 is 0 Å². The quantitative estimate of drug-likeness (QED) is 0.388. The van der Waals surface area contributed by atoms with Crippen molar-refractivity contribution < 1.29 is 9.21 Å². The SMILES string of the molecule is CCCCN(CCCC)Cc1ccc(C(=O)NNC(=S)Nc2ccccc2C)o1. The fourth-order valence-corrected chi connectivity index (χ4v) is 3.04. The monoisotopic (exact) mass is 416 g/mol. The normalized spacial score (nSPS) is 10.8. The molecule has 2 rings (SSSR count). The van der Waals surface area contributed by atoms with Crippen LogP contribution in [0.2, 0.25) is 0 Å². The van der Waals surface area contributed by atoms with E-state index in [1.807, 2.05) is 37.3 Å². The summed E-state index contributed by atoms with van der Waals surface area (Å²) in [6, 6.07) is 11.3. The van der Waals surface area contributed by atoms with Crippen molar-refractivity contribution in [3.63, 3.8) is 0 Å². The minimum Gasteiger partial charge on any atom is -0.454 e. The molecule has 1 aromatic carbocycles. The van der Waals surface area contributed by atoms with Crippen LogP contribution in [0.1, 0.15) is 61.4 Å². The molecule has 0 aliphatic carbocycles. The number of anilines is 1. The zero-order valence-electron chi connectivity index (χ0n) is 17.6. The van der Waals surface area contributed by atoms with Gasteiger partial charge >= 0.3 is 5.91 Å². The van der Waals surface area contributed by atoms with Gasteiger partial charge in [0.1, 0.15) is 5.76 Å². The van der Waals surface area contributed by atoms with E-state index in [0.29, 0.717) is 11.7 Å². The summed E-state index contributed by atoms with van der Waals surface area (Å²) in [7, 11) is 0. The van der Waals surface area contributed by atoms with Crippen LogP contribution in [0.3, 0.4) is 0 Å². The Kier molecular flexibility index (Phi) is 9.67. The second-order valence-corrected chi connectivity index (χ2v) is 7.51. The highest BCUT2D eigenvalue weighted by Crippen LogP contribution is 2.13. The molecule has 2 aromatic rings. The average molecular weight is 417 g/mol. The summed E-state index contributed by atoms with van der Waals surface area (Å²) in [6.45, 7) is 9.17. The maximum atomic E-state index is 12.3. The molecule has 1 amide bonds. The van der Waals surface area contributed by atoms with Crippen molar-refractivity contribution in [3.05, 3.63) is 53.5 Å². The number of hydrazine groups is 1. The number of nitrogens with one attached hydrogen (secondary N) is 3. The Bertz CT molecular complexity index is 783. The number of amides is 1. The van der Waals surface area contributed by atoms with Gasteiger partial charge in [0.15, 0.2) is 10.9 Å². The first kappa shape index (κ1) is 22.9. The van der Waals surface area contributed by atoms with Gasteiger partial charge in [-0.15, -0.1) is 0 Å². The lowest BCUT2D eigenvalue weighted by Crippen LogP contribution is -2.43. The molecule has 3 N–H and O–H groups in total. The first-order chi connectivity index (χ1) is 14.0. The Morgan fingerprint density at radius 3 is 2.38 bits per heavy atom. The third-order valence-corrected chi connectivity index (χ3v) is 4.81. The Morgan fingerprint density at radius 2 is 1.72 bits per heavy atom. The molecule has 0 aliphatic heterocycles. The number of aryl methyl sites for hydroxylation is 1. The lowest BCUT2D eigenvalue weighted by Gasteiger charge is -2.20. The Balaban J connectivity index is 1.84. The first-order valence-corrected chi connectivity index (χ1v) is 10.7. The lowest BCUT2D eigenvalue weighted by atomic mass is 10.2. The number of para-hydroxylation sites is 1. The van der Waals surface area contributed by atoms with Crippen molar-refractivity contribution in [3.8, 4) is 0 Å². The van der Waals surface area contributed by atoms with E-state index in [2.05, 4.69) is 34.9 Å². The van der Waals surface area contributed by atoms with Crippen LogP contribution in [0.5, 0.6) is 0 Å². The number of benzene rings is 1. The maximum absolute atomic E-state index is 12.3. The number of furan rings is 1. The molecular formula is C22H32N4O2S. The van der Waals surface area contributed by atoms with Gasteiger partial charge in [-0.1, -0.05) is 44.9 Å². The molecule has 0 atom stereocenters. The van der Waals surface area contributed by atoms with Gasteiger partial charge in [-0.25, -0.2) is 0 Å². The third kappa shape index (κ3) is 7.87. The van der Waals surface area contributed by atoms with Crippen molar-refractivity contribution in [2.75, 3.05) is 18.4 Å². The number of unbranched alkanes of at least 4 members (excludes halogenated alkanes) is 2. The third-order valence-electron chi connectivity index (χ3n) is 4.60.